The lowest BCUT2D eigenvalue weighted by molar-refractivity contribution is 0.0590. The summed E-state index contributed by atoms with van der Waals surface area (Å²) in [5, 5.41) is 4.04. The summed E-state index contributed by atoms with van der Waals surface area (Å²) in [5.41, 5.74) is 1.97. The van der Waals surface area contributed by atoms with Gasteiger partial charge in [0.05, 0.1) is 24.4 Å². The molecule has 1 saturated carbocycles. The number of aromatic nitrogens is 2. The van der Waals surface area contributed by atoms with E-state index in [0.29, 0.717) is 17.8 Å². The quantitative estimate of drug-likeness (QED) is 0.547. The van der Waals surface area contributed by atoms with E-state index in [1.54, 1.807) is 12.4 Å². The lowest BCUT2D eigenvalue weighted by Crippen LogP contribution is -2.23. The van der Waals surface area contributed by atoms with Gasteiger partial charge in [-0.1, -0.05) is 6.08 Å². The van der Waals surface area contributed by atoms with Crippen molar-refractivity contribution in [3.8, 4) is 0 Å². The van der Waals surface area contributed by atoms with Crippen molar-refractivity contribution in [2.24, 2.45) is 0 Å². The third-order valence-electron chi connectivity index (χ3n) is 4.57. The van der Waals surface area contributed by atoms with Crippen LogP contribution in [-0.2, 0) is 4.74 Å². The molecule has 2 aliphatic rings. The summed E-state index contributed by atoms with van der Waals surface area (Å²) in [6, 6.07) is 1.67. The van der Waals surface area contributed by atoms with Crippen LogP contribution in [0.25, 0.3) is 10.9 Å². The topological polar surface area (TPSA) is 56.1 Å². The van der Waals surface area contributed by atoms with Gasteiger partial charge in [-0.05, 0) is 54.0 Å². The molecule has 0 amide bonds. The number of carbonyl (C=O) groups is 1. The normalized spacial score (nSPS) is 20.2. The SMILES string of the molecule is COC(=O)c1c(NC2CC=C(I)C=C2F)c2cnccc2n1C1CC1. The predicted octanol–water partition coefficient (Wildman–Crippen LogP) is 4.51. The Morgan fingerprint density at radius 3 is 2.96 bits per heavy atom. The molecule has 0 bridgehead atoms. The minimum absolute atomic E-state index is 0.237. The summed E-state index contributed by atoms with van der Waals surface area (Å²) < 4.78 is 22.3. The Labute approximate surface area is 158 Å². The molecule has 0 aromatic carbocycles. The molecule has 5 nitrogen and oxygen atoms in total. The zero-order valence-corrected chi connectivity index (χ0v) is 15.8. The van der Waals surface area contributed by atoms with Crippen molar-refractivity contribution in [3.63, 3.8) is 0 Å². The van der Waals surface area contributed by atoms with Gasteiger partial charge < -0.3 is 14.6 Å². The van der Waals surface area contributed by atoms with Crippen LogP contribution in [0, 0.1) is 0 Å². The molecule has 130 valence electrons. The number of hydrogen-bond donors (Lipinski definition) is 1. The molecule has 1 N–H and O–H groups in total. The van der Waals surface area contributed by atoms with E-state index in [1.165, 1.54) is 13.2 Å². The van der Waals surface area contributed by atoms with Crippen LogP contribution in [0.2, 0.25) is 0 Å². The van der Waals surface area contributed by atoms with Crippen molar-refractivity contribution in [1.82, 2.24) is 9.55 Å². The Kier molecular flexibility index (Phi) is 4.26. The highest BCUT2D eigenvalue weighted by molar-refractivity contribution is 14.1. The van der Waals surface area contributed by atoms with Crippen LogP contribution < -0.4 is 5.32 Å². The molecule has 0 radical (unpaired) electrons. The maximum absolute atomic E-state index is 14.4. The molecule has 0 aliphatic heterocycles. The van der Waals surface area contributed by atoms with Gasteiger partial charge in [-0.3, -0.25) is 4.98 Å². The molecule has 7 heteroatoms. The van der Waals surface area contributed by atoms with Crippen LogP contribution in [0.15, 0.2) is 40.0 Å². The first-order valence-electron chi connectivity index (χ1n) is 8.15. The Hall–Kier alpha value is -1.90. The number of nitrogens with zero attached hydrogens (tertiary/aromatic N) is 2. The van der Waals surface area contributed by atoms with E-state index in [1.807, 2.05) is 16.7 Å². The fraction of sp³-hybridized carbons (Fsp3) is 0.333. The number of rotatable bonds is 4. The molecule has 25 heavy (non-hydrogen) atoms. The van der Waals surface area contributed by atoms with Crippen molar-refractivity contribution >= 4 is 45.2 Å². The number of methoxy groups -OCH3 is 1. The van der Waals surface area contributed by atoms with Gasteiger partial charge in [-0.2, -0.15) is 0 Å². The Bertz CT molecular complexity index is 914. The van der Waals surface area contributed by atoms with Crippen molar-refractivity contribution in [3.05, 3.63) is 45.7 Å². The molecule has 2 heterocycles. The highest BCUT2D eigenvalue weighted by atomic mass is 127. The van der Waals surface area contributed by atoms with E-state index in [9.17, 15) is 9.18 Å². The number of hydrogen-bond acceptors (Lipinski definition) is 4. The number of halogens is 2. The van der Waals surface area contributed by atoms with Gasteiger partial charge in [0.25, 0.3) is 0 Å². The molecule has 2 aliphatic carbocycles. The number of allylic oxidation sites excluding steroid dienone is 2. The number of carbonyl (C=O) groups excluding carboxylic acids is 1. The van der Waals surface area contributed by atoms with E-state index >= 15 is 0 Å². The van der Waals surface area contributed by atoms with Crippen molar-refractivity contribution in [2.75, 3.05) is 12.4 Å². The van der Waals surface area contributed by atoms with Crippen molar-refractivity contribution in [1.29, 1.82) is 0 Å². The molecule has 0 saturated heterocycles. The van der Waals surface area contributed by atoms with Gasteiger partial charge in [-0.15, -0.1) is 0 Å². The minimum atomic E-state index is -0.500. The predicted molar refractivity (Wildman–Crippen MR) is 103 cm³/mol. The summed E-state index contributed by atoms with van der Waals surface area (Å²) in [5.74, 6) is -0.658. The number of anilines is 1. The molecular formula is C18H17FIN3O2. The number of esters is 1. The van der Waals surface area contributed by atoms with Gasteiger partial charge in [0.1, 0.15) is 5.83 Å². The van der Waals surface area contributed by atoms with Crippen molar-refractivity contribution in [2.45, 2.75) is 31.3 Å². The first-order chi connectivity index (χ1) is 12.1. The van der Waals surface area contributed by atoms with Crippen LogP contribution >= 0.6 is 22.6 Å². The van der Waals surface area contributed by atoms with Gasteiger partial charge >= 0.3 is 5.97 Å². The monoisotopic (exact) mass is 453 g/mol. The molecule has 1 fully saturated rings. The molecule has 0 spiro atoms. The van der Waals surface area contributed by atoms with E-state index in [4.69, 9.17) is 4.74 Å². The number of nitrogens with one attached hydrogen (secondary N) is 1. The standard InChI is InChI=1S/C18H17FIN3O2/c1-25-18(24)17-16(22-14-5-2-10(20)8-13(14)19)12-9-21-7-6-15(12)23(17)11-3-4-11/h2,6-9,11,14,22H,3-5H2,1H3. The molecule has 1 unspecified atom stereocenters. The molecule has 2 aromatic heterocycles. The van der Waals surface area contributed by atoms with Gasteiger partial charge in [0.15, 0.2) is 5.69 Å². The minimum Gasteiger partial charge on any atom is -0.464 e. The summed E-state index contributed by atoms with van der Waals surface area (Å²) in [4.78, 5) is 16.7. The van der Waals surface area contributed by atoms with Crippen LogP contribution in [0.5, 0.6) is 0 Å². The molecule has 4 rings (SSSR count). The zero-order valence-electron chi connectivity index (χ0n) is 13.6. The van der Waals surface area contributed by atoms with Gasteiger partial charge in [-0.25, -0.2) is 9.18 Å². The smallest absolute Gasteiger partial charge is 0.356 e. The van der Waals surface area contributed by atoms with Crippen LogP contribution in [-0.4, -0.2) is 28.7 Å². The molecule has 1 atom stereocenters. The van der Waals surface area contributed by atoms with Gasteiger partial charge in [0.2, 0.25) is 0 Å². The second-order valence-electron chi connectivity index (χ2n) is 6.26. The highest BCUT2D eigenvalue weighted by Crippen LogP contribution is 2.43. The fourth-order valence-electron chi connectivity index (χ4n) is 3.25. The molecular weight excluding hydrogens is 436 g/mol. The number of pyridine rings is 1. The van der Waals surface area contributed by atoms with Crippen LogP contribution in [0.1, 0.15) is 35.8 Å². The van der Waals surface area contributed by atoms with Gasteiger partial charge in [0, 0.05) is 27.4 Å². The average Bonchev–Trinajstić information content (AvgIpc) is 3.39. The first kappa shape index (κ1) is 16.6. The summed E-state index contributed by atoms with van der Waals surface area (Å²) in [7, 11) is 1.37. The van der Waals surface area contributed by atoms with Crippen LogP contribution in [0.4, 0.5) is 10.1 Å². The second kappa shape index (κ2) is 6.44. The Morgan fingerprint density at radius 1 is 1.48 bits per heavy atom. The van der Waals surface area contributed by atoms with E-state index in [-0.39, 0.29) is 11.9 Å². The fourth-order valence-corrected chi connectivity index (χ4v) is 3.80. The first-order valence-corrected chi connectivity index (χ1v) is 9.23. The second-order valence-corrected chi connectivity index (χ2v) is 7.51. The Morgan fingerprint density at radius 2 is 2.28 bits per heavy atom. The third-order valence-corrected chi connectivity index (χ3v) is 5.32. The van der Waals surface area contributed by atoms with E-state index in [2.05, 4.69) is 32.9 Å². The third kappa shape index (κ3) is 2.94. The average molecular weight is 453 g/mol. The maximum atomic E-state index is 14.4. The summed E-state index contributed by atoms with van der Waals surface area (Å²) >= 11 is 2.10. The van der Waals surface area contributed by atoms with E-state index in [0.717, 1.165) is 27.3 Å². The zero-order chi connectivity index (χ0) is 17.6. The highest BCUT2D eigenvalue weighted by Gasteiger charge is 2.34. The summed E-state index contributed by atoms with van der Waals surface area (Å²) in [6.45, 7) is 0. The van der Waals surface area contributed by atoms with Crippen LogP contribution in [0.3, 0.4) is 0 Å². The summed E-state index contributed by atoms with van der Waals surface area (Å²) in [6.07, 6.45) is 9.47. The maximum Gasteiger partial charge on any atom is 0.356 e. The largest absolute Gasteiger partial charge is 0.464 e. The lowest BCUT2D eigenvalue weighted by atomic mass is 10.1. The molecule has 2 aromatic rings. The number of fused-ring (bicyclic) bond motifs is 1. The Balaban J connectivity index is 1.85. The van der Waals surface area contributed by atoms with Crippen molar-refractivity contribution < 1.29 is 13.9 Å². The number of ether oxygens (including phenoxy) is 1. The van der Waals surface area contributed by atoms with E-state index < -0.39 is 12.0 Å². The lowest BCUT2D eigenvalue weighted by Gasteiger charge is -2.20.